The molecule has 0 aromatic heterocycles. The monoisotopic (exact) mass is 357 g/mol. The molecule has 0 radical (unpaired) electrons. The number of hydrogen-bond acceptors (Lipinski definition) is 5. The molecule has 138 valence electrons. The van der Waals surface area contributed by atoms with Crippen molar-refractivity contribution in [1.29, 1.82) is 0 Å². The molecular formula is C20H23NO5. The van der Waals surface area contributed by atoms with Gasteiger partial charge >= 0.3 is 5.97 Å². The third-order valence-corrected chi connectivity index (χ3v) is 3.73. The van der Waals surface area contributed by atoms with Gasteiger partial charge in [0.05, 0.1) is 7.11 Å². The maximum absolute atomic E-state index is 12.2. The number of hydrogen-bond donors (Lipinski definition) is 2. The van der Waals surface area contributed by atoms with Crippen molar-refractivity contribution in [2.45, 2.75) is 26.2 Å². The van der Waals surface area contributed by atoms with E-state index in [1.54, 1.807) is 24.3 Å². The lowest BCUT2D eigenvalue weighted by Gasteiger charge is -2.24. The number of carbonyl (C=O) groups is 2. The van der Waals surface area contributed by atoms with Crippen molar-refractivity contribution in [1.82, 2.24) is 0 Å². The molecule has 6 heteroatoms. The van der Waals surface area contributed by atoms with E-state index in [4.69, 9.17) is 9.47 Å². The Hall–Kier alpha value is -3.02. The van der Waals surface area contributed by atoms with Crippen LogP contribution in [0.3, 0.4) is 0 Å². The summed E-state index contributed by atoms with van der Waals surface area (Å²) in [7, 11) is 1.30. The number of aromatic hydroxyl groups is 1. The van der Waals surface area contributed by atoms with Gasteiger partial charge in [0.2, 0.25) is 0 Å². The van der Waals surface area contributed by atoms with Gasteiger partial charge in [-0.2, -0.15) is 0 Å². The van der Waals surface area contributed by atoms with Crippen molar-refractivity contribution in [2.75, 3.05) is 19.0 Å². The quantitative estimate of drug-likeness (QED) is 0.632. The van der Waals surface area contributed by atoms with E-state index in [0.29, 0.717) is 11.4 Å². The Kier molecular flexibility index (Phi) is 5.87. The summed E-state index contributed by atoms with van der Waals surface area (Å²) in [6.45, 7) is 5.71. The molecule has 2 N–H and O–H groups in total. The number of rotatable bonds is 5. The fraction of sp³-hybridized carbons (Fsp3) is 0.300. The SMILES string of the molecule is COC(=O)c1cccc(C(C)(C)C)c1OCC(=O)Nc1ccc(O)cc1. The number of nitrogens with one attached hydrogen (secondary N) is 1. The zero-order chi connectivity index (χ0) is 19.3. The first kappa shape index (κ1) is 19.3. The molecule has 0 aliphatic rings. The molecule has 0 unspecified atom stereocenters. The molecule has 0 aliphatic carbocycles. The summed E-state index contributed by atoms with van der Waals surface area (Å²) in [5.41, 5.74) is 1.33. The molecule has 0 heterocycles. The standard InChI is InChI=1S/C20H23NO5/c1-20(2,3)16-7-5-6-15(19(24)25-4)18(16)26-12-17(23)21-13-8-10-14(22)11-9-13/h5-11,22H,12H2,1-4H3,(H,21,23). The Morgan fingerprint density at radius 3 is 2.31 bits per heavy atom. The number of phenolic OH excluding ortho intramolecular Hbond substituents is 1. The minimum Gasteiger partial charge on any atom is -0.508 e. The highest BCUT2D eigenvalue weighted by molar-refractivity contribution is 5.94. The Balaban J connectivity index is 2.20. The first-order valence-corrected chi connectivity index (χ1v) is 8.16. The number of esters is 1. The van der Waals surface area contributed by atoms with Gasteiger partial charge in [-0.15, -0.1) is 0 Å². The maximum Gasteiger partial charge on any atom is 0.341 e. The van der Waals surface area contributed by atoms with E-state index in [0.717, 1.165) is 5.56 Å². The van der Waals surface area contributed by atoms with E-state index in [9.17, 15) is 14.7 Å². The number of ether oxygens (including phenoxy) is 2. The zero-order valence-corrected chi connectivity index (χ0v) is 15.3. The summed E-state index contributed by atoms with van der Waals surface area (Å²) in [6.07, 6.45) is 0. The van der Waals surface area contributed by atoms with Gasteiger partial charge in [0, 0.05) is 11.3 Å². The molecule has 0 bridgehead atoms. The molecule has 0 fully saturated rings. The summed E-state index contributed by atoms with van der Waals surface area (Å²) in [5.74, 6) is -0.450. The number of methoxy groups -OCH3 is 1. The molecule has 0 spiro atoms. The lowest BCUT2D eigenvalue weighted by Crippen LogP contribution is -2.23. The van der Waals surface area contributed by atoms with Crippen LogP contribution in [0.2, 0.25) is 0 Å². The van der Waals surface area contributed by atoms with Crippen molar-refractivity contribution in [3.63, 3.8) is 0 Å². The zero-order valence-electron chi connectivity index (χ0n) is 15.3. The minimum atomic E-state index is -0.523. The van der Waals surface area contributed by atoms with E-state index in [1.807, 2.05) is 26.8 Å². The molecule has 0 saturated heterocycles. The molecule has 2 aromatic carbocycles. The summed E-state index contributed by atoms with van der Waals surface area (Å²) in [5, 5.41) is 11.9. The first-order chi connectivity index (χ1) is 12.2. The highest BCUT2D eigenvalue weighted by Gasteiger charge is 2.25. The molecular weight excluding hydrogens is 334 g/mol. The topological polar surface area (TPSA) is 84.9 Å². The Bertz CT molecular complexity index is 791. The minimum absolute atomic E-state index is 0.112. The van der Waals surface area contributed by atoms with Crippen LogP contribution in [0.1, 0.15) is 36.7 Å². The fourth-order valence-electron chi connectivity index (χ4n) is 2.43. The Morgan fingerprint density at radius 2 is 1.73 bits per heavy atom. The predicted octanol–water partition coefficient (Wildman–Crippen LogP) is 3.49. The van der Waals surface area contributed by atoms with Crippen molar-refractivity contribution < 1.29 is 24.2 Å². The van der Waals surface area contributed by atoms with Gasteiger partial charge in [-0.3, -0.25) is 4.79 Å². The number of amides is 1. The number of phenols is 1. The molecule has 2 rings (SSSR count). The van der Waals surface area contributed by atoms with Gasteiger partial charge < -0.3 is 19.9 Å². The van der Waals surface area contributed by atoms with E-state index >= 15 is 0 Å². The summed E-state index contributed by atoms with van der Waals surface area (Å²) >= 11 is 0. The van der Waals surface area contributed by atoms with E-state index in [2.05, 4.69) is 5.32 Å². The third kappa shape index (κ3) is 4.75. The second kappa shape index (κ2) is 7.91. The number of anilines is 1. The first-order valence-electron chi connectivity index (χ1n) is 8.16. The van der Waals surface area contributed by atoms with Crippen LogP contribution in [-0.2, 0) is 14.9 Å². The van der Waals surface area contributed by atoms with Crippen LogP contribution in [0.4, 0.5) is 5.69 Å². The summed E-state index contributed by atoms with van der Waals surface area (Å²) < 4.78 is 10.5. The van der Waals surface area contributed by atoms with Crippen molar-refractivity contribution in [3.05, 3.63) is 53.6 Å². The normalized spacial score (nSPS) is 10.9. The molecule has 0 saturated carbocycles. The predicted molar refractivity (Wildman–Crippen MR) is 98.7 cm³/mol. The molecule has 2 aromatic rings. The van der Waals surface area contributed by atoms with Crippen LogP contribution in [0.15, 0.2) is 42.5 Å². The van der Waals surface area contributed by atoms with Gasteiger partial charge in [0.25, 0.3) is 5.91 Å². The third-order valence-electron chi connectivity index (χ3n) is 3.73. The molecule has 26 heavy (non-hydrogen) atoms. The second-order valence-electron chi connectivity index (χ2n) is 6.81. The van der Waals surface area contributed by atoms with Gasteiger partial charge in [0.15, 0.2) is 6.61 Å². The van der Waals surface area contributed by atoms with Crippen LogP contribution in [0.25, 0.3) is 0 Å². The Morgan fingerprint density at radius 1 is 1.08 bits per heavy atom. The maximum atomic E-state index is 12.2. The van der Waals surface area contributed by atoms with Crippen LogP contribution >= 0.6 is 0 Å². The molecule has 0 aliphatic heterocycles. The summed E-state index contributed by atoms with van der Waals surface area (Å²) in [6, 6.07) is 11.3. The van der Waals surface area contributed by atoms with Crippen molar-refractivity contribution in [3.8, 4) is 11.5 Å². The summed E-state index contributed by atoms with van der Waals surface area (Å²) in [4.78, 5) is 24.2. The molecule has 1 amide bonds. The van der Waals surface area contributed by atoms with Crippen LogP contribution in [-0.4, -0.2) is 30.7 Å². The lowest BCUT2D eigenvalue weighted by atomic mass is 9.85. The number of para-hydroxylation sites is 1. The van der Waals surface area contributed by atoms with Crippen LogP contribution < -0.4 is 10.1 Å². The number of carbonyl (C=O) groups excluding carboxylic acids is 2. The fourth-order valence-corrected chi connectivity index (χ4v) is 2.43. The van der Waals surface area contributed by atoms with Gasteiger partial charge in [0.1, 0.15) is 17.1 Å². The van der Waals surface area contributed by atoms with E-state index < -0.39 is 5.97 Å². The largest absolute Gasteiger partial charge is 0.508 e. The second-order valence-corrected chi connectivity index (χ2v) is 6.81. The lowest BCUT2D eigenvalue weighted by molar-refractivity contribution is -0.118. The molecule has 0 atom stereocenters. The average Bonchev–Trinajstić information content (AvgIpc) is 2.60. The van der Waals surface area contributed by atoms with Crippen LogP contribution in [0.5, 0.6) is 11.5 Å². The Labute approximate surface area is 152 Å². The van der Waals surface area contributed by atoms with Gasteiger partial charge in [-0.1, -0.05) is 32.9 Å². The highest BCUT2D eigenvalue weighted by Crippen LogP contribution is 2.34. The van der Waals surface area contributed by atoms with Gasteiger partial charge in [-0.25, -0.2) is 4.79 Å². The average molecular weight is 357 g/mol. The van der Waals surface area contributed by atoms with E-state index in [1.165, 1.54) is 19.2 Å². The molecule has 6 nitrogen and oxygen atoms in total. The highest BCUT2D eigenvalue weighted by atomic mass is 16.5. The van der Waals surface area contributed by atoms with Gasteiger partial charge in [-0.05, 0) is 35.7 Å². The van der Waals surface area contributed by atoms with Crippen molar-refractivity contribution >= 4 is 17.6 Å². The smallest absolute Gasteiger partial charge is 0.341 e. The van der Waals surface area contributed by atoms with E-state index in [-0.39, 0.29) is 29.2 Å². The van der Waals surface area contributed by atoms with Crippen molar-refractivity contribution in [2.24, 2.45) is 0 Å². The number of benzene rings is 2. The van der Waals surface area contributed by atoms with Crippen LogP contribution in [0, 0.1) is 0 Å².